The van der Waals surface area contributed by atoms with E-state index in [0.29, 0.717) is 26.1 Å². The Morgan fingerprint density at radius 1 is 1.47 bits per heavy atom. The van der Waals surface area contributed by atoms with Crippen molar-refractivity contribution in [2.75, 3.05) is 20.3 Å². The first-order valence-electron chi connectivity index (χ1n) is 6.66. The van der Waals surface area contributed by atoms with Crippen LogP contribution in [0.15, 0.2) is 5.16 Å². The zero-order valence-corrected chi connectivity index (χ0v) is 12.3. The van der Waals surface area contributed by atoms with E-state index < -0.39 is 5.41 Å². The summed E-state index contributed by atoms with van der Waals surface area (Å²) < 4.78 is 5.30. The minimum Gasteiger partial charge on any atom is -0.409 e. The standard InChI is InChI=1S/C13H25N3O3/c1-5-12(2,3)16(4)11(17)13(10(14)15-18)6-8-19-9-7-13/h18H,5-9H2,1-4H3,(H2,14,15). The van der Waals surface area contributed by atoms with Crippen LogP contribution < -0.4 is 5.73 Å². The van der Waals surface area contributed by atoms with Crippen LogP contribution in [0.25, 0.3) is 0 Å². The molecular formula is C13H25N3O3. The van der Waals surface area contributed by atoms with Crippen LogP contribution in [0.2, 0.25) is 0 Å². The van der Waals surface area contributed by atoms with Gasteiger partial charge in [0, 0.05) is 25.8 Å². The highest BCUT2D eigenvalue weighted by atomic mass is 16.5. The summed E-state index contributed by atoms with van der Waals surface area (Å²) in [5.74, 6) is -0.113. The lowest BCUT2D eigenvalue weighted by atomic mass is 9.76. The smallest absolute Gasteiger partial charge is 0.236 e. The van der Waals surface area contributed by atoms with Crippen molar-refractivity contribution in [1.82, 2.24) is 4.90 Å². The van der Waals surface area contributed by atoms with Gasteiger partial charge in [0.05, 0.1) is 0 Å². The largest absolute Gasteiger partial charge is 0.409 e. The number of hydrogen-bond acceptors (Lipinski definition) is 4. The Kier molecular flexibility index (Phi) is 4.79. The van der Waals surface area contributed by atoms with Gasteiger partial charge in [0.2, 0.25) is 5.91 Å². The number of carbonyl (C=O) groups is 1. The molecule has 1 heterocycles. The van der Waals surface area contributed by atoms with Crippen LogP contribution in [0.4, 0.5) is 0 Å². The Balaban J connectivity index is 3.09. The Labute approximate surface area is 114 Å². The number of carbonyl (C=O) groups excluding carboxylic acids is 1. The normalized spacial score (nSPS) is 20.1. The summed E-state index contributed by atoms with van der Waals surface area (Å²) >= 11 is 0. The lowest BCUT2D eigenvalue weighted by molar-refractivity contribution is -0.146. The minimum absolute atomic E-state index is 0.0143. The summed E-state index contributed by atoms with van der Waals surface area (Å²) in [6, 6.07) is 0. The zero-order valence-electron chi connectivity index (χ0n) is 12.3. The summed E-state index contributed by atoms with van der Waals surface area (Å²) in [6.07, 6.45) is 1.73. The van der Waals surface area contributed by atoms with Crippen LogP contribution in [-0.4, -0.2) is 47.7 Å². The number of amidine groups is 1. The molecule has 0 aliphatic carbocycles. The van der Waals surface area contributed by atoms with E-state index in [1.165, 1.54) is 0 Å². The van der Waals surface area contributed by atoms with E-state index >= 15 is 0 Å². The number of amides is 1. The SMILES string of the molecule is CCC(C)(C)N(C)C(=O)C1(C(N)=NO)CCOCC1. The first-order valence-corrected chi connectivity index (χ1v) is 6.66. The average molecular weight is 271 g/mol. The van der Waals surface area contributed by atoms with Crippen molar-refractivity contribution in [1.29, 1.82) is 0 Å². The summed E-state index contributed by atoms with van der Waals surface area (Å²) in [5, 5.41) is 12.1. The van der Waals surface area contributed by atoms with E-state index in [1.807, 2.05) is 20.8 Å². The van der Waals surface area contributed by atoms with Gasteiger partial charge < -0.3 is 20.6 Å². The number of nitrogens with zero attached hydrogens (tertiary/aromatic N) is 2. The molecule has 0 radical (unpaired) electrons. The van der Waals surface area contributed by atoms with Crippen molar-refractivity contribution in [3.8, 4) is 0 Å². The number of rotatable bonds is 4. The number of nitrogens with two attached hydrogens (primary N) is 1. The monoisotopic (exact) mass is 271 g/mol. The molecule has 6 heteroatoms. The molecule has 1 saturated heterocycles. The molecule has 1 aliphatic heterocycles. The fourth-order valence-electron chi connectivity index (χ4n) is 2.23. The molecule has 1 fully saturated rings. The molecule has 0 aromatic rings. The van der Waals surface area contributed by atoms with Crippen LogP contribution in [0, 0.1) is 5.41 Å². The third-order valence-electron chi connectivity index (χ3n) is 4.43. The molecule has 0 aromatic carbocycles. The molecule has 1 amide bonds. The van der Waals surface area contributed by atoms with Gasteiger partial charge in [-0.15, -0.1) is 0 Å². The molecule has 1 rings (SSSR count). The maximum absolute atomic E-state index is 12.8. The number of oxime groups is 1. The molecule has 0 spiro atoms. The summed E-state index contributed by atoms with van der Waals surface area (Å²) in [4.78, 5) is 14.5. The molecule has 0 aromatic heterocycles. The van der Waals surface area contributed by atoms with Gasteiger partial charge in [0.1, 0.15) is 5.41 Å². The predicted octanol–water partition coefficient (Wildman–Crippen LogP) is 1.18. The number of hydrogen-bond donors (Lipinski definition) is 2. The van der Waals surface area contributed by atoms with E-state index in [4.69, 9.17) is 15.7 Å². The maximum Gasteiger partial charge on any atom is 0.236 e. The second kappa shape index (κ2) is 5.77. The van der Waals surface area contributed by atoms with Gasteiger partial charge >= 0.3 is 0 Å². The Hall–Kier alpha value is -1.30. The molecule has 1 aliphatic rings. The van der Waals surface area contributed by atoms with E-state index in [0.717, 1.165) is 6.42 Å². The van der Waals surface area contributed by atoms with Crippen molar-refractivity contribution < 1.29 is 14.7 Å². The first kappa shape index (κ1) is 15.8. The summed E-state index contributed by atoms with van der Waals surface area (Å²) in [6.45, 7) is 6.93. The topological polar surface area (TPSA) is 88.2 Å². The van der Waals surface area contributed by atoms with Gasteiger partial charge in [0.25, 0.3) is 0 Å². The van der Waals surface area contributed by atoms with Gasteiger partial charge in [-0.2, -0.15) is 0 Å². The Bertz CT molecular complexity index is 360. The van der Waals surface area contributed by atoms with Gasteiger partial charge in [-0.05, 0) is 33.1 Å². The van der Waals surface area contributed by atoms with Gasteiger partial charge in [-0.3, -0.25) is 4.79 Å². The second-order valence-electron chi connectivity index (χ2n) is 5.71. The fraction of sp³-hybridized carbons (Fsp3) is 0.846. The average Bonchev–Trinajstić information content (AvgIpc) is 2.45. The maximum atomic E-state index is 12.8. The van der Waals surface area contributed by atoms with Crippen molar-refractivity contribution in [2.45, 2.75) is 45.6 Å². The zero-order chi connectivity index (χ0) is 14.7. The van der Waals surface area contributed by atoms with Crippen molar-refractivity contribution in [2.24, 2.45) is 16.3 Å². The molecular weight excluding hydrogens is 246 g/mol. The summed E-state index contributed by atoms with van der Waals surface area (Å²) in [7, 11) is 1.77. The van der Waals surface area contributed by atoms with Gasteiger partial charge in [-0.1, -0.05) is 12.1 Å². The third kappa shape index (κ3) is 2.83. The molecule has 3 N–H and O–H groups in total. The second-order valence-corrected chi connectivity index (χ2v) is 5.71. The van der Waals surface area contributed by atoms with Gasteiger partial charge in [0.15, 0.2) is 5.84 Å². The Morgan fingerprint density at radius 2 is 2.00 bits per heavy atom. The van der Waals surface area contributed by atoms with Crippen molar-refractivity contribution in [3.05, 3.63) is 0 Å². The van der Waals surface area contributed by atoms with Crippen LogP contribution in [-0.2, 0) is 9.53 Å². The lowest BCUT2D eigenvalue weighted by Crippen LogP contribution is -2.57. The molecule has 19 heavy (non-hydrogen) atoms. The Morgan fingerprint density at radius 3 is 2.42 bits per heavy atom. The highest BCUT2D eigenvalue weighted by molar-refractivity contribution is 6.07. The molecule has 6 nitrogen and oxygen atoms in total. The van der Waals surface area contributed by atoms with E-state index in [9.17, 15) is 4.79 Å². The lowest BCUT2D eigenvalue weighted by Gasteiger charge is -2.43. The molecule has 0 saturated carbocycles. The van der Waals surface area contributed by atoms with E-state index in [1.54, 1.807) is 11.9 Å². The summed E-state index contributed by atoms with van der Waals surface area (Å²) in [5.41, 5.74) is 4.60. The van der Waals surface area contributed by atoms with Crippen molar-refractivity contribution in [3.63, 3.8) is 0 Å². The van der Waals surface area contributed by atoms with Gasteiger partial charge in [-0.25, -0.2) is 0 Å². The molecule has 0 atom stereocenters. The van der Waals surface area contributed by atoms with Crippen LogP contribution in [0.5, 0.6) is 0 Å². The van der Waals surface area contributed by atoms with Crippen LogP contribution >= 0.6 is 0 Å². The third-order valence-corrected chi connectivity index (χ3v) is 4.43. The minimum atomic E-state index is -0.936. The first-order chi connectivity index (χ1) is 8.81. The van der Waals surface area contributed by atoms with E-state index in [2.05, 4.69) is 5.16 Å². The number of ether oxygens (including phenoxy) is 1. The highest BCUT2D eigenvalue weighted by Gasteiger charge is 2.48. The van der Waals surface area contributed by atoms with Crippen LogP contribution in [0.3, 0.4) is 0 Å². The quantitative estimate of drug-likeness (QED) is 0.348. The highest BCUT2D eigenvalue weighted by Crippen LogP contribution is 2.35. The van der Waals surface area contributed by atoms with Crippen LogP contribution in [0.1, 0.15) is 40.0 Å². The fourth-order valence-corrected chi connectivity index (χ4v) is 2.23. The molecule has 110 valence electrons. The van der Waals surface area contributed by atoms with Crippen molar-refractivity contribution >= 4 is 11.7 Å². The molecule has 0 unspecified atom stereocenters. The predicted molar refractivity (Wildman–Crippen MR) is 73.0 cm³/mol. The molecule has 0 bridgehead atoms. The van der Waals surface area contributed by atoms with E-state index in [-0.39, 0.29) is 17.3 Å².